The molecule has 0 radical (unpaired) electrons. The third kappa shape index (κ3) is 5.38. The first-order valence-corrected chi connectivity index (χ1v) is 11.6. The summed E-state index contributed by atoms with van der Waals surface area (Å²) >= 11 is 1.05. The predicted molar refractivity (Wildman–Crippen MR) is 123 cm³/mol. The number of nitrogens with zero attached hydrogens (tertiary/aromatic N) is 2. The second-order valence-corrected chi connectivity index (χ2v) is 9.37. The Kier molecular flexibility index (Phi) is 6.73. The monoisotopic (exact) mass is 476 g/mol. The van der Waals surface area contributed by atoms with Gasteiger partial charge in [0, 0.05) is 6.42 Å². The number of amides is 2. The third-order valence-corrected chi connectivity index (χ3v) is 6.87. The van der Waals surface area contributed by atoms with E-state index in [1.165, 1.54) is 23.8 Å². The first kappa shape index (κ1) is 23.3. The fourth-order valence-electron chi connectivity index (χ4n) is 4.15. The summed E-state index contributed by atoms with van der Waals surface area (Å²) in [6.45, 7) is 2.20. The number of benzene rings is 1. The highest BCUT2D eigenvalue weighted by Crippen LogP contribution is 2.36. The largest absolute Gasteiger partial charge is 0.418 e. The normalized spacial score (nSPS) is 25.4. The molecule has 0 aromatic heterocycles. The Balaban J connectivity index is 1.42. The molecule has 1 fully saturated rings. The Morgan fingerprint density at radius 3 is 2.82 bits per heavy atom. The molecule has 4 rings (SSSR count). The van der Waals surface area contributed by atoms with Gasteiger partial charge in [-0.1, -0.05) is 48.5 Å². The lowest BCUT2D eigenvalue weighted by Gasteiger charge is -2.26. The van der Waals surface area contributed by atoms with E-state index < -0.39 is 28.8 Å². The molecule has 0 spiro atoms. The molecule has 1 aromatic carbocycles. The smallest absolute Gasteiger partial charge is 0.325 e. The summed E-state index contributed by atoms with van der Waals surface area (Å²) in [7, 11) is 0. The fourth-order valence-corrected chi connectivity index (χ4v) is 5.07. The highest BCUT2D eigenvalue weighted by Gasteiger charge is 2.35. The predicted octanol–water partition coefficient (Wildman–Crippen LogP) is 5.05. The summed E-state index contributed by atoms with van der Waals surface area (Å²) < 4.78 is 39.4. The Hall–Kier alpha value is -2.88. The molecule has 33 heavy (non-hydrogen) atoms. The number of amidine groups is 1. The third-order valence-electron chi connectivity index (χ3n) is 5.80. The van der Waals surface area contributed by atoms with Gasteiger partial charge in [-0.05, 0) is 49.3 Å². The van der Waals surface area contributed by atoms with Crippen LogP contribution in [0.25, 0.3) is 0 Å². The van der Waals surface area contributed by atoms with E-state index in [0.717, 1.165) is 54.8 Å². The van der Waals surface area contributed by atoms with E-state index >= 15 is 0 Å². The molecule has 1 heterocycles. The van der Waals surface area contributed by atoms with Crippen molar-refractivity contribution >= 4 is 40.1 Å². The molecule has 2 amide bonds. The molecule has 1 saturated heterocycles. The van der Waals surface area contributed by atoms with Crippen molar-refractivity contribution < 1.29 is 22.8 Å². The van der Waals surface area contributed by atoms with Crippen LogP contribution in [0.3, 0.4) is 0 Å². The molecule has 174 valence electrons. The van der Waals surface area contributed by atoms with Gasteiger partial charge in [-0.25, -0.2) is 0 Å². The number of carbonyl (C=O) groups excluding carboxylic acids is 2. The van der Waals surface area contributed by atoms with Crippen LogP contribution < -0.4 is 10.6 Å². The number of carbonyl (C=O) groups is 2. The summed E-state index contributed by atoms with van der Waals surface area (Å²) in [6.07, 6.45) is 3.21. The SMILES string of the molecule is CC1CC=CC2=C1CCC/C2=N\N=C1\NC(=O)C(CC(=O)Nc2ccccc2C(F)(F)F)S1. The van der Waals surface area contributed by atoms with Crippen LogP contribution in [0.15, 0.2) is 57.8 Å². The van der Waals surface area contributed by atoms with Crippen molar-refractivity contribution in [2.24, 2.45) is 16.1 Å². The van der Waals surface area contributed by atoms with E-state index in [1.54, 1.807) is 0 Å². The zero-order valence-corrected chi connectivity index (χ0v) is 18.7. The minimum absolute atomic E-state index is 0.279. The molecular weight excluding hydrogens is 453 g/mol. The Morgan fingerprint density at radius 1 is 1.24 bits per heavy atom. The number of hydrogen-bond donors (Lipinski definition) is 2. The fraction of sp³-hybridized carbons (Fsp3) is 0.391. The van der Waals surface area contributed by atoms with Gasteiger partial charge in [0.15, 0.2) is 5.17 Å². The maximum atomic E-state index is 13.1. The number of thioether (sulfide) groups is 1. The van der Waals surface area contributed by atoms with Crippen molar-refractivity contribution in [2.75, 3.05) is 5.32 Å². The van der Waals surface area contributed by atoms with Gasteiger partial charge in [0.25, 0.3) is 0 Å². The van der Waals surface area contributed by atoms with E-state index in [0.29, 0.717) is 5.92 Å². The van der Waals surface area contributed by atoms with Crippen molar-refractivity contribution in [3.05, 3.63) is 53.1 Å². The van der Waals surface area contributed by atoms with Gasteiger partial charge in [0.1, 0.15) is 5.25 Å². The highest BCUT2D eigenvalue weighted by atomic mass is 32.2. The molecule has 2 N–H and O–H groups in total. The molecule has 2 unspecified atom stereocenters. The van der Waals surface area contributed by atoms with Crippen LogP contribution in [0.1, 0.15) is 44.6 Å². The minimum atomic E-state index is -4.60. The van der Waals surface area contributed by atoms with E-state index in [9.17, 15) is 22.8 Å². The number of allylic oxidation sites excluding steroid dienone is 4. The van der Waals surface area contributed by atoms with Crippen LogP contribution >= 0.6 is 11.8 Å². The Labute approximate surface area is 193 Å². The maximum Gasteiger partial charge on any atom is 0.418 e. The molecule has 2 atom stereocenters. The number of halogens is 3. The zero-order chi connectivity index (χ0) is 23.6. The molecule has 0 saturated carbocycles. The van der Waals surface area contributed by atoms with Crippen LogP contribution in [-0.2, 0) is 15.8 Å². The molecule has 10 heteroatoms. The van der Waals surface area contributed by atoms with Crippen LogP contribution in [0.5, 0.6) is 0 Å². The number of alkyl halides is 3. The number of anilines is 1. The van der Waals surface area contributed by atoms with E-state index in [2.05, 4.69) is 39.9 Å². The lowest BCUT2D eigenvalue weighted by Crippen LogP contribution is -2.28. The number of nitrogens with one attached hydrogen (secondary N) is 2. The summed E-state index contributed by atoms with van der Waals surface area (Å²) in [4.78, 5) is 24.6. The van der Waals surface area contributed by atoms with Crippen molar-refractivity contribution in [1.29, 1.82) is 0 Å². The Morgan fingerprint density at radius 2 is 2.03 bits per heavy atom. The minimum Gasteiger partial charge on any atom is -0.325 e. The van der Waals surface area contributed by atoms with Crippen LogP contribution in [-0.4, -0.2) is 27.9 Å². The van der Waals surface area contributed by atoms with Gasteiger partial charge in [-0.2, -0.15) is 18.3 Å². The van der Waals surface area contributed by atoms with Crippen LogP contribution in [0.2, 0.25) is 0 Å². The van der Waals surface area contributed by atoms with Gasteiger partial charge < -0.3 is 10.6 Å². The maximum absolute atomic E-state index is 13.1. The zero-order valence-electron chi connectivity index (χ0n) is 17.9. The summed E-state index contributed by atoms with van der Waals surface area (Å²) in [6, 6.07) is 4.72. The van der Waals surface area contributed by atoms with Crippen LogP contribution in [0, 0.1) is 5.92 Å². The first-order chi connectivity index (χ1) is 15.7. The summed E-state index contributed by atoms with van der Waals surface area (Å²) in [5, 5.41) is 12.9. The second kappa shape index (κ2) is 9.54. The second-order valence-electron chi connectivity index (χ2n) is 8.17. The highest BCUT2D eigenvalue weighted by molar-refractivity contribution is 8.15. The summed E-state index contributed by atoms with van der Waals surface area (Å²) in [5.74, 6) is -0.627. The van der Waals surface area contributed by atoms with Crippen molar-refractivity contribution in [3.8, 4) is 0 Å². The van der Waals surface area contributed by atoms with Gasteiger partial charge in [-0.3, -0.25) is 9.59 Å². The molecule has 1 aromatic rings. The van der Waals surface area contributed by atoms with E-state index in [1.807, 2.05) is 0 Å². The number of para-hydroxylation sites is 1. The quantitative estimate of drug-likeness (QED) is 0.597. The lowest BCUT2D eigenvalue weighted by molar-refractivity contribution is -0.137. The topological polar surface area (TPSA) is 82.9 Å². The van der Waals surface area contributed by atoms with E-state index in [4.69, 9.17) is 0 Å². The molecule has 2 aliphatic carbocycles. The van der Waals surface area contributed by atoms with Crippen LogP contribution in [0.4, 0.5) is 18.9 Å². The first-order valence-electron chi connectivity index (χ1n) is 10.7. The molecule has 3 aliphatic rings. The average molecular weight is 477 g/mol. The van der Waals surface area contributed by atoms with Crippen molar-refractivity contribution in [1.82, 2.24) is 5.32 Å². The molecular formula is C23H23F3N4O2S. The molecule has 0 bridgehead atoms. The van der Waals surface area contributed by atoms with E-state index in [-0.39, 0.29) is 17.3 Å². The number of rotatable bonds is 4. The van der Waals surface area contributed by atoms with Crippen molar-refractivity contribution in [3.63, 3.8) is 0 Å². The van der Waals surface area contributed by atoms with Crippen molar-refractivity contribution in [2.45, 2.75) is 50.5 Å². The van der Waals surface area contributed by atoms with Gasteiger partial charge >= 0.3 is 6.18 Å². The molecule has 1 aliphatic heterocycles. The Bertz CT molecular complexity index is 1090. The number of hydrogen-bond acceptors (Lipinski definition) is 5. The molecule has 6 nitrogen and oxygen atoms in total. The van der Waals surface area contributed by atoms with Gasteiger partial charge in [0.2, 0.25) is 11.8 Å². The average Bonchev–Trinajstić information content (AvgIpc) is 3.11. The van der Waals surface area contributed by atoms with Gasteiger partial charge in [-0.15, -0.1) is 5.10 Å². The lowest BCUT2D eigenvalue weighted by atomic mass is 9.79. The standard InChI is InChI=1S/C23H23F3N4O2S/c1-13-6-4-8-15-14(13)7-5-11-17(15)29-30-22-28-21(32)19(33-22)12-20(31)27-18-10-3-2-9-16(18)23(24,25)26/h2-4,8-10,13,19H,5-7,11-12H2,1H3,(H,27,31)(H,28,30,32)/b29-17+. The summed E-state index contributed by atoms with van der Waals surface area (Å²) in [5.41, 5.74) is 2.12. The van der Waals surface area contributed by atoms with Gasteiger partial charge in [0.05, 0.1) is 17.0 Å².